The monoisotopic (exact) mass is 358 g/mol. The number of carbonyl (C=O) groups is 2. The highest BCUT2D eigenvalue weighted by Crippen LogP contribution is 2.42. The zero-order valence-corrected chi connectivity index (χ0v) is 13.9. The number of H-pyrrole nitrogens is 1. The first-order chi connectivity index (χ1) is 12.5. The summed E-state index contributed by atoms with van der Waals surface area (Å²) < 4.78 is 10.6. The normalized spacial score (nSPS) is 25.1. The Balaban J connectivity index is 1.60. The summed E-state index contributed by atoms with van der Waals surface area (Å²) in [5.74, 6) is -1.15. The molecule has 0 aromatic carbocycles. The molecule has 4 heterocycles. The minimum Gasteiger partial charge on any atom is -0.481 e. The zero-order chi connectivity index (χ0) is 18.3. The Morgan fingerprint density at radius 1 is 1.31 bits per heavy atom. The van der Waals surface area contributed by atoms with E-state index in [0.29, 0.717) is 31.1 Å². The van der Waals surface area contributed by atoms with Crippen LogP contribution in [0.3, 0.4) is 0 Å². The van der Waals surface area contributed by atoms with Crippen LogP contribution in [0.4, 0.5) is 0 Å². The summed E-state index contributed by atoms with van der Waals surface area (Å²) in [4.78, 5) is 41.1. The third-order valence-electron chi connectivity index (χ3n) is 5.35. The molecular formula is C18H18N2O6. The lowest BCUT2D eigenvalue weighted by Gasteiger charge is -2.33. The van der Waals surface area contributed by atoms with Gasteiger partial charge in [-0.1, -0.05) is 0 Å². The largest absolute Gasteiger partial charge is 0.481 e. The summed E-state index contributed by atoms with van der Waals surface area (Å²) in [5, 5.41) is 9.69. The molecule has 0 bridgehead atoms. The van der Waals surface area contributed by atoms with Crippen LogP contribution in [0, 0.1) is 11.3 Å². The molecule has 2 aliphatic rings. The van der Waals surface area contributed by atoms with Gasteiger partial charge in [0.05, 0.1) is 24.0 Å². The Morgan fingerprint density at radius 2 is 2.15 bits per heavy atom. The molecule has 2 saturated heterocycles. The van der Waals surface area contributed by atoms with Crippen LogP contribution in [0.25, 0.3) is 11.5 Å². The van der Waals surface area contributed by atoms with Crippen LogP contribution in [0.2, 0.25) is 0 Å². The summed E-state index contributed by atoms with van der Waals surface area (Å²) in [6, 6.07) is 6.46. The molecule has 0 spiro atoms. The van der Waals surface area contributed by atoms with E-state index in [4.69, 9.17) is 9.15 Å². The number of nitrogens with zero attached hydrogens (tertiary/aromatic N) is 1. The van der Waals surface area contributed by atoms with Gasteiger partial charge in [0.15, 0.2) is 0 Å². The van der Waals surface area contributed by atoms with Crippen molar-refractivity contribution in [1.29, 1.82) is 0 Å². The number of amides is 1. The number of carboxylic acids is 1. The lowest BCUT2D eigenvalue weighted by Crippen LogP contribution is -2.45. The Bertz CT molecular complexity index is 903. The number of rotatable bonds is 3. The SMILES string of the molecule is O=C(c1ccc(-c2ccco2)[nH]c1=O)N1C[C@H]2COCC[C@@]2(C(=O)O)C1. The molecule has 0 aliphatic carbocycles. The molecule has 2 fully saturated rings. The van der Waals surface area contributed by atoms with Crippen LogP contribution < -0.4 is 5.56 Å². The van der Waals surface area contributed by atoms with Gasteiger partial charge in [-0.05, 0) is 30.7 Å². The fourth-order valence-corrected chi connectivity index (χ4v) is 3.84. The average Bonchev–Trinajstić information content (AvgIpc) is 3.29. The topological polar surface area (TPSA) is 113 Å². The summed E-state index contributed by atoms with van der Waals surface area (Å²) in [6.07, 6.45) is 1.86. The number of hydrogen-bond donors (Lipinski definition) is 2. The van der Waals surface area contributed by atoms with E-state index in [0.717, 1.165) is 0 Å². The standard InChI is InChI=1S/C18H18N2O6/c21-15-12(3-4-13(19-15)14-2-1-6-26-14)16(22)20-8-11-9-25-7-5-18(11,10-20)17(23)24/h1-4,6,11H,5,7-10H2,(H,19,21)(H,23,24)/t11-,18+/m0/s1. The molecule has 8 nitrogen and oxygen atoms in total. The Labute approximate surface area is 148 Å². The third-order valence-corrected chi connectivity index (χ3v) is 5.35. The average molecular weight is 358 g/mol. The smallest absolute Gasteiger partial charge is 0.311 e. The number of pyridine rings is 1. The van der Waals surface area contributed by atoms with Crippen molar-refractivity contribution >= 4 is 11.9 Å². The molecule has 0 unspecified atom stereocenters. The maximum absolute atomic E-state index is 12.8. The quantitative estimate of drug-likeness (QED) is 0.852. The fourth-order valence-electron chi connectivity index (χ4n) is 3.84. The van der Waals surface area contributed by atoms with Crippen molar-refractivity contribution in [3.8, 4) is 11.5 Å². The molecule has 8 heteroatoms. The number of ether oxygens (including phenoxy) is 1. The maximum atomic E-state index is 12.8. The number of aromatic nitrogens is 1. The number of hydrogen-bond acceptors (Lipinski definition) is 5. The maximum Gasteiger partial charge on any atom is 0.311 e. The minimum absolute atomic E-state index is 0.0135. The first-order valence-electron chi connectivity index (χ1n) is 8.39. The highest BCUT2D eigenvalue weighted by molar-refractivity contribution is 5.95. The molecule has 136 valence electrons. The molecule has 2 atom stereocenters. The number of carboxylic acid groups (broad SMARTS) is 1. The zero-order valence-electron chi connectivity index (χ0n) is 13.9. The Morgan fingerprint density at radius 3 is 2.81 bits per heavy atom. The summed E-state index contributed by atoms with van der Waals surface area (Å²) in [5.41, 5.74) is -1.06. The van der Waals surface area contributed by atoms with Gasteiger partial charge in [-0.15, -0.1) is 0 Å². The van der Waals surface area contributed by atoms with Gasteiger partial charge < -0.3 is 24.1 Å². The van der Waals surface area contributed by atoms with Gasteiger partial charge in [-0.25, -0.2) is 0 Å². The van der Waals surface area contributed by atoms with Crippen LogP contribution in [0.1, 0.15) is 16.8 Å². The highest BCUT2D eigenvalue weighted by atomic mass is 16.5. The van der Waals surface area contributed by atoms with Gasteiger partial charge in [-0.3, -0.25) is 14.4 Å². The van der Waals surface area contributed by atoms with E-state index < -0.39 is 22.9 Å². The third kappa shape index (κ3) is 2.53. The second-order valence-electron chi connectivity index (χ2n) is 6.76. The second kappa shape index (κ2) is 6.14. The van der Waals surface area contributed by atoms with Crippen molar-refractivity contribution in [2.45, 2.75) is 6.42 Å². The lowest BCUT2D eigenvalue weighted by molar-refractivity contribution is -0.157. The van der Waals surface area contributed by atoms with E-state index in [-0.39, 0.29) is 24.6 Å². The van der Waals surface area contributed by atoms with Gasteiger partial charge in [-0.2, -0.15) is 0 Å². The first kappa shape index (κ1) is 16.6. The minimum atomic E-state index is -0.991. The van der Waals surface area contributed by atoms with Gasteiger partial charge in [0.1, 0.15) is 11.3 Å². The van der Waals surface area contributed by atoms with Crippen molar-refractivity contribution in [3.63, 3.8) is 0 Å². The predicted molar refractivity (Wildman–Crippen MR) is 89.7 cm³/mol. The van der Waals surface area contributed by atoms with E-state index in [2.05, 4.69) is 4.98 Å². The van der Waals surface area contributed by atoms with E-state index in [1.165, 1.54) is 17.2 Å². The number of nitrogens with one attached hydrogen (secondary N) is 1. The molecule has 0 radical (unpaired) electrons. The van der Waals surface area contributed by atoms with Gasteiger partial charge in [0.2, 0.25) is 0 Å². The van der Waals surface area contributed by atoms with Crippen molar-refractivity contribution in [2.75, 3.05) is 26.3 Å². The van der Waals surface area contributed by atoms with Gasteiger partial charge in [0, 0.05) is 25.6 Å². The first-order valence-corrected chi connectivity index (χ1v) is 8.39. The van der Waals surface area contributed by atoms with Crippen LogP contribution >= 0.6 is 0 Å². The van der Waals surface area contributed by atoms with Crippen LogP contribution in [-0.2, 0) is 9.53 Å². The summed E-state index contributed by atoms with van der Waals surface area (Å²) in [7, 11) is 0. The molecule has 2 aromatic rings. The molecule has 0 saturated carbocycles. The molecule has 2 N–H and O–H groups in total. The number of furan rings is 1. The highest BCUT2D eigenvalue weighted by Gasteiger charge is 2.55. The van der Waals surface area contributed by atoms with Crippen molar-refractivity contribution in [3.05, 3.63) is 46.4 Å². The molecule has 26 heavy (non-hydrogen) atoms. The van der Waals surface area contributed by atoms with Crippen molar-refractivity contribution in [2.24, 2.45) is 11.3 Å². The Hall–Kier alpha value is -2.87. The Kier molecular flexibility index (Phi) is 3.91. The van der Waals surface area contributed by atoms with E-state index >= 15 is 0 Å². The van der Waals surface area contributed by atoms with Crippen LogP contribution in [0.5, 0.6) is 0 Å². The second-order valence-corrected chi connectivity index (χ2v) is 6.76. The van der Waals surface area contributed by atoms with E-state index in [9.17, 15) is 19.5 Å². The molecule has 2 aromatic heterocycles. The lowest BCUT2D eigenvalue weighted by atomic mass is 9.74. The number of aromatic amines is 1. The van der Waals surface area contributed by atoms with E-state index in [1.54, 1.807) is 18.2 Å². The molecule has 1 amide bonds. The van der Waals surface area contributed by atoms with Crippen molar-refractivity contribution in [1.82, 2.24) is 9.88 Å². The van der Waals surface area contributed by atoms with Crippen LogP contribution in [0.15, 0.2) is 39.7 Å². The van der Waals surface area contributed by atoms with Gasteiger partial charge >= 0.3 is 5.97 Å². The van der Waals surface area contributed by atoms with Crippen LogP contribution in [-0.4, -0.2) is 53.2 Å². The predicted octanol–water partition coefficient (Wildman–Crippen LogP) is 1.20. The molecule has 4 rings (SSSR count). The number of fused-ring (bicyclic) bond motifs is 1. The van der Waals surface area contributed by atoms with Crippen molar-refractivity contribution < 1.29 is 23.8 Å². The number of likely N-dealkylation sites (tertiary alicyclic amines) is 1. The number of carbonyl (C=O) groups excluding carboxylic acids is 1. The van der Waals surface area contributed by atoms with Gasteiger partial charge in [0.25, 0.3) is 11.5 Å². The summed E-state index contributed by atoms with van der Waals surface area (Å²) in [6.45, 7) is 1.03. The fraction of sp³-hybridized carbons (Fsp3) is 0.389. The number of aliphatic carboxylic acids is 1. The molecular weight excluding hydrogens is 340 g/mol. The molecule has 2 aliphatic heterocycles. The summed E-state index contributed by atoms with van der Waals surface area (Å²) >= 11 is 0. The van der Waals surface area contributed by atoms with E-state index in [1.807, 2.05) is 0 Å².